The molecule has 2 rings (SSSR count). The fourth-order valence-corrected chi connectivity index (χ4v) is 1.36. The third-order valence-electron chi connectivity index (χ3n) is 2.17. The van der Waals surface area contributed by atoms with E-state index in [1.54, 1.807) is 0 Å². The van der Waals surface area contributed by atoms with E-state index >= 15 is 0 Å². The summed E-state index contributed by atoms with van der Waals surface area (Å²) in [5.74, 6) is 4.22. The number of benzene rings is 1. The largest absolute Gasteiger partial charge is 0.481 e. The van der Waals surface area contributed by atoms with E-state index in [9.17, 15) is 0 Å². The number of aromatic nitrogens is 2. The fraction of sp³-hybridized carbons (Fsp3) is 0.231. The minimum absolute atomic E-state index is 0.244. The van der Waals surface area contributed by atoms with E-state index in [0.717, 1.165) is 12.0 Å². The number of ether oxygens (including phenoxy) is 1. The Morgan fingerprint density at radius 2 is 2.29 bits per heavy atom. The quantitative estimate of drug-likeness (QED) is 0.753. The van der Waals surface area contributed by atoms with Gasteiger partial charge in [0.1, 0.15) is 12.4 Å². The molecule has 0 saturated carbocycles. The minimum Gasteiger partial charge on any atom is -0.481 e. The monoisotopic (exact) mass is 228 g/mol. The summed E-state index contributed by atoms with van der Waals surface area (Å²) in [6, 6.07) is 7.40. The zero-order valence-corrected chi connectivity index (χ0v) is 9.51. The summed E-state index contributed by atoms with van der Waals surface area (Å²) in [6.07, 6.45) is 5.85. The molecule has 0 bridgehead atoms. The van der Waals surface area contributed by atoms with E-state index in [4.69, 9.17) is 15.6 Å². The molecule has 2 aromatic rings. The highest BCUT2D eigenvalue weighted by Crippen LogP contribution is 2.22. The molecule has 4 heteroatoms. The number of hydrogen-bond acceptors (Lipinski definition) is 4. The molecule has 17 heavy (non-hydrogen) atoms. The van der Waals surface area contributed by atoms with Gasteiger partial charge in [-0.2, -0.15) is 0 Å². The number of terminal acetylenes is 1. The molecule has 0 unspecified atom stereocenters. The van der Waals surface area contributed by atoms with Crippen molar-refractivity contribution in [2.45, 2.75) is 13.3 Å². The third-order valence-corrected chi connectivity index (χ3v) is 2.17. The maximum absolute atomic E-state index is 5.46. The molecule has 0 amide bonds. The van der Waals surface area contributed by atoms with E-state index in [-0.39, 0.29) is 6.61 Å². The first-order chi connectivity index (χ1) is 8.33. The average molecular weight is 228 g/mol. The van der Waals surface area contributed by atoms with Crippen LogP contribution in [0.4, 0.5) is 0 Å². The summed E-state index contributed by atoms with van der Waals surface area (Å²) in [5.41, 5.74) is 0.826. The van der Waals surface area contributed by atoms with Gasteiger partial charge >= 0.3 is 0 Å². The summed E-state index contributed by atoms with van der Waals surface area (Å²) >= 11 is 0. The number of nitrogens with zero attached hydrogens (tertiary/aromatic N) is 2. The minimum atomic E-state index is 0.244. The molecule has 86 valence electrons. The SMILES string of the molecule is C#CCOc1cccc(-c2nnc(CC)o2)c1. The van der Waals surface area contributed by atoms with E-state index < -0.39 is 0 Å². The summed E-state index contributed by atoms with van der Waals surface area (Å²) in [5, 5.41) is 7.88. The molecule has 0 aliphatic heterocycles. The smallest absolute Gasteiger partial charge is 0.247 e. The van der Waals surface area contributed by atoms with Gasteiger partial charge in [-0.15, -0.1) is 16.6 Å². The van der Waals surface area contributed by atoms with E-state index in [2.05, 4.69) is 16.1 Å². The van der Waals surface area contributed by atoms with Gasteiger partial charge in [0.15, 0.2) is 0 Å². The fourth-order valence-electron chi connectivity index (χ4n) is 1.36. The molecule has 0 aliphatic rings. The Balaban J connectivity index is 2.23. The molecule has 1 aromatic heterocycles. The molecule has 0 saturated heterocycles. The molecule has 0 radical (unpaired) electrons. The molecular formula is C13H12N2O2. The van der Waals surface area contributed by atoms with Gasteiger partial charge in [-0.1, -0.05) is 18.9 Å². The van der Waals surface area contributed by atoms with Crippen molar-refractivity contribution in [1.82, 2.24) is 10.2 Å². The van der Waals surface area contributed by atoms with E-state index in [1.807, 2.05) is 31.2 Å². The molecule has 0 spiro atoms. The van der Waals surface area contributed by atoms with Crippen molar-refractivity contribution in [3.8, 4) is 29.5 Å². The summed E-state index contributed by atoms with van der Waals surface area (Å²) < 4.78 is 10.8. The molecule has 0 fully saturated rings. The van der Waals surface area contributed by atoms with Crippen LogP contribution < -0.4 is 4.74 Å². The predicted molar refractivity (Wildman–Crippen MR) is 63.4 cm³/mol. The Labute approximate surface area is 99.6 Å². The summed E-state index contributed by atoms with van der Waals surface area (Å²) in [4.78, 5) is 0. The van der Waals surface area contributed by atoms with Crippen LogP contribution in [0.2, 0.25) is 0 Å². The number of hydrogen-bond donors (Lipinski definition) is 0. The average Bonchev–Trinajstić information content (AvgIpc) is 2.85. The zero-order chi connectivity index (χ0) is 12.1. The zero-order valence-electron chi connectivity index (χ0n) is 9.51. The second-order valence-corrected chi connectivity index (χ2v) is 3.38. The first-order valence-corrected chi connectivity index (χ1v) is 5.32. The van der Waals surface area contributed by atoms with Crippen molar-refractivity contribution < 1.29 is 9.15 Å². The Morgan fingerprint density at radius 1 is 1.41 bits per heavy atom. The number of aryl methyl sites for hydroxylation is 1. The second-order valence-electron chi connectivity index (χ2n) is 3.38. The molecule has 1 heterocycles. The van der Waals surface area contributed by atoms with Crippen molar-refractivity contribution in [1.29, 1.82) is 0 Å². The Bertz CT molecular complexity index is 540. The van der Waals surface area contributed by atoms with Crippen LogP contribution in [0.15, 0.2) is 28.7 Å². The molecule has 0 aliphatic carbocycles. The first-order valence-electron chi connectivity index (χ1n) is 5.32. The van der Waals surface area contributed by atoms with Gasteiger partial charge in [-0.05, 0) is 18.2 Å². The Kier molecular flexibility index (Phi) is 3.41. The standard InChI is InChI=1S/C13H12N2O2/c1-3-8-16-11-7-5-6-10(9-11)13-15-14-12(4-2)17-13/h1,5-7,9H,4,8H2,2H3. The third kappa shape index (κ3) is 2.64. The highest BCUT2D eigenvalue weighted by molar-refractivity contribution is 5.55. The second kappa shape index (κ2) is 5.17. The van der Waals surface area contributed by atoms with Crippen LogP contribution in [-0.2, 0) is 6.42 Å². The lowest BCUT2D eigenvalue weighted by Crippen LogP contribution is -1.93. The van der Waals surface area contributed by atoms with Crippen molar-refractivity contribution in [3.63, 3.8) is 0 Å². The summed E-state index contributed by atoms with van der Waals surface area (Å²) in [7, 11) is 0. The van der Waals surface area contributed by atoms with Crippen molar-refractivity contribution in [2.24, 2.45) is 0 Å². The lowest BCUT2D eigenvalue weighted by molar-refractivity contribution is 0.370. The molecular weight excluding hydrogens is 216 g/mol. The summed E-state index contributed by atoms with van der Waals surface area (Å²) in [6.45, 7) is 2.21. The van der Waals surface area contributed by atoms with Crippen LogP contribution in [0.1, 0.15) is 12.8 Å². The van der Waals surface area contributed by atoms with Gasteiger partial charge in [0.2, 0.25) is 11.8 Å². The lowest BCUT2D eigenvalue weighted by Gasteiger charge is -2.02. The van der Waals surface area contributed by atoms with Crippen LogP contribution >= 0.6 is 0 Å². The maximum atomic E-state index is 5.46. The van der Waals surface area contributed by atoms with Crippen molar-refractivity contribution >= 4 is 0 Å². The predicted octanol–water partition coefficient (Wildman–Crippen LogP) is 2.31. The van der Waals surface area contributed by atoms with Gasteiger partial charge in [-0.3, -0.25) is 0 Å². The molecule has 0 atom stereocenters. The van der Waals surface area contributed by atoms with Gasteiger partial charge in [0.25, 0.3) is 0 Å². The Morgan fingerprint density at radius 3 is 3.00 bits per heavy atom. The highest BCUT2D eigenvalue weighted by atomic mass is 16.5. The normalized spacial score (nSPS) is 9.88. The van der Waals surface area contributed by atoms with Crippen LogP contribution in [0.3, 0.4) is 0 Å². The molecule has 1 aromatic carbocycles. The van der Waals surface area contributed by atoms with Crippen LogP contribution in [0.5, 0.6) is 5.75 Å². The lowest BCUT2D eigenvalue weighted by atomic mass is 10.2. The molecule has 4 nitrogen and oxygen atoms in total. The number of rotatable bonds is 4. The van der Waals surface area contributed by atoms with E-state index in [0.29, 0.717) is 17.5 Å². The maximum Gasteiger partial charge on any atom is 0.247 e. The van der Waals surface area contributed by atoms with Crippen LogP contribution in [0, 0.1) is 12.3 Å². The van der Waals surface area contributed by atoms with E-state index in [1.165, 1.54) is 0 Å². The van der Waals surface area contributed by atoms with Gasteiger partial charge < -0.3 is 9.15 Å². The van der Waals surface area contributed by atoms with Crippen molar-refractivity contribution in [2.75, 3.05) is 6.61 Å². The van der Waals surface area contributed by atoms with Crippen LogP contribution in [0.25, 0.3) is 11.5 Å². The van der Waals surface area contributed by atoms with Gasteiger partial charge in [0.05, 0.1) is 0 Å². The van der Waals surface area contributed by atoms with Gasteiger partial charge in [-0.25, -0.2) is 0 Å². The molecule has 0 N–H and O–H groups in total. The Hall–Kier alpha value is -2.28. The van der Waals surface area contributed by atoms with Crippen molar-refractivity contribution in [3.05, 3.63) is 30.2 Å². The highest BCUT2D eigenvalue weighted by Gasteiger charge is 2.07. The topological polar surface area (TPSA) is 48.2 Å². The van der Waals surface area contributed by atoms with Crippen LogP contribution in [-0.4, -0.2) is 16.8 Å². The first kappa shape index (κ1) is 11.2. The van der Waals surface area contributed by atoms with Gasteiger partial charge in [0, 0.05) is 12.0 Å².